The Morgan fingerprint density at radius 1 is 1.35 bits per heavy atom. The number of aliphatic carboxylic acids is 1. The normalized spacial score (nSPS) is 17.2. The first kappa shape index (κ1) is 16.4. The molecule has 0 aliphatic rings. The zero-order valence-electron chi connectivity index (χ0n) is 12.2. The summed E-state index contributed by atoms with van der Waals surface area (Å²) in [4.78, 5) is 15.7. The van der Waals surface area contributed by atoms with E-state index in [1.165, 1.54) is 0 Å². The molecule has 0 bridgehead atoms. The summed E-state index contributed by atoms with van der Waals surface area (Å²) in [5.74, 6) is -0.699. The Labute approximate surface area is 106 Å². The summed E-state index contributed by atoms with van der Waals surface area (Å²) in [7, 11) is 4.08. The molecule has 0 aliphatic heterocycles. The van der Waals surface area contributed by atoms with E-state index in [2.05, 4.69) is 23.6 Å². The third-order valence-electron chi connectivity index (χ3n) is 3.51. The van der Waals surface area contributed by atoms with Gasteiger partial charge in [-0.15, -0.1) is 0 Å². The number of carboxylic acid groups (broad SMARTS) is 1. The minimum Gasteiger partial charge on any atom is -0.481 e. The van der Waals surface area contributed by atoms with Crippen LogP contribution in [0.2, 0.25) is 0 Å². The maximum Gasteiger partial charge on any atom is 0.310 e. The Morgan fingerprint density at radius 2 is 1.88 bits per heavy atom. The van der Waals surface area contributed by atoms with Gasteiger partial charge in [-0.25, -0.2) is 0 Å². The molecule has 0 amide bonds. The average Bonchev–Trinajstić information content (AvgIpc) is 2.24. The molecule has 2 unspecified atom stereocenters. The van der Waals surface area contributed by atoms with Gasteiger partial charge in [0.1, 0.15) is 0 Å². The van der Waals surface area contributed by atoms with Crippen molar-refractivity contribution in [3.05, 3.63) is 0 Å². The molecule has 0 saturated heterocycles. The number of hydrogen-bond donors (Lipinski definition) is 1. The first-order chi connectivity index (χ1) is 7.76. The number of rotatable bonds is 8. The monoisotopic (exact) mass is 244 g/mol. The van der Waals surface area contributed by atoms with E-state index in [1.54, 1.807) is 0 Å². The van der Waals surface area contributed by atoms with Crippen LogP contribution in [0.4, 0.5) is 0 Å². The molecule has 0 fully saturated rings. The molecule has 0 aromatic carbocycles. The first-order valence-electron chi connectivity index (χ1n) is 6.39. The van der Waals surface area contributed by atoms with Gasteiger partial charge < -0.3 is 10.0 Å². The zero-order chi connectivity index (χ0) is 13.6. The van der Waals surface area contributed by atoms with Gasteiger partial charge in [-0.1, -0.05) is 13.8 Å². The zero-order valence-corrected chi connectivity index (χ0v) is 12.2. The molecule has 102 valence electrons. The van der Waals surface area contributed by atoms with Gasteiger partial charge in [0, 0.05) is 19.1 Å². The predicted octanol–water partition coefficient (Wildman–Crippen LogP) is 1.76. The molecule has 0 radical (unpaired) electrons. The Kier molecular flexibility index (Phi) is 6.72. The average molecular weight is 244 g/mol. The lowest BCUT2D eigenvalue weighted by molar-refractivity contribution is -0.149. The van der Waals surface area contributed by atoms with Gasteiger partial charge in [0.05, 0.1) is 5.41 Å². The summed E-state index contributed by atoms with van der Waals surface area (Å²) < 4.78 is 0. The fraction of sp³-hybridized carbons (Fsp3) is 0.923. The van der Waals surface area contributed by atoms with Gasteiger partial charge >= 0.3 is 5.97 Å². The van der Waals surface area contributed by atoms with E-state index in [9.17, 15) is 9.90 Å². The van der Waals surface area contributed by atoms with E-state index in [-0.39, 0.29) is 0 Å². The van der Waals surface area contributed by atoms with Crippen LogP contribution >= 0.6 is 0 Å². The molecule has 0 aliphatic carbocycles. The summed E-state index contributed by atoms with van der Waals surface area (Å²) in [6, 6.07) is 0.375. The number of nitrogens with zero attached hydrogens (tertiary/aromatic N) is 2. The van der Waals surface area contributed by atoms with Gasteiger partial charge in [0.15, 0.2) is 0 Å². The molecule has 4 nitrogen and oxygen atoms in total. The Balaban J connectivity index is 4.62. The third-order valence-corrected chi connectivity index (χ3v) is 3.51. The van der Waals surface area contributed by atoms with Gasteiger partial charge in [-0.2, -0.15) is 0 Å². The SMILES string of the molecule is CCN(CC(C)(CC)C(=O)O)C(C)CN(C)C. The summed E-state index contributed by atoms with van der Waals surface area (Å²) in [6.07, 6.45) is 0.660. The molecule has 2 atom stereocenters. The van der Waals surface area contributed by atoms with Crippen LogP contribution in [0.15, 0.2) is 0 Å². The second-order valence-corrected chi connectivity index (χ2v) is 5.39. The van der Waals surface area contributed by atoms with Crippen LogP contribution in [-0.4, -0.2) is 60.6 Å². The van der Waals surface area contributed by atoms with E-state index in [1.807, 2.05) is 27.9 Å². The number of carbonyl (C=O) groups is 1. The molecule has 17 heavy (non-hydrogen) atoms. The van der Waals surface area contributed by atoms with E-state index in [4.69, 9.17) is 0 Å². The highest BCUT2D eigenvalue weighted by Crippen LogP contribution is 2.23. The van der Waals surface area contributed by atoms with Crippen LogP contribution in [0.1, 0.15) is 34.1 Å². The van der Waals surface area contributed by atoms with E-state index < -0.39 is 11.4 Å². The fourth-order valence-electron chi connectivity index (χ4n) is 2.00. The summed E-state index contributed by atoms with van der Waals surface area (Å²) in [5, 5.41) is 9.30. The molecular formula is C13H28N2O2. The predicted molar refractivity (Wildman–Crippen MR) is 71.3 cm³/mol. The number of likely N-dealkylation sites (N-methyl/N-ethyl adjacent to an activating group) is 2. The maximum absolute atomic E-state index is 11.3. The lowest BCUT2D eigenvalue weighted by Crippen LogP contribution is -2.47. The molecular weight excluding hydrogens is 216 g/mol. The molecule has 0 rings (SSSR count). The van der Waals surface area contributed by atoms with E-state index >= 15 is 0 Å². The van der Waals surface area contributed by atoms with Crippen molar-refractivity contribution in [2.45, 2.75) is 40.2 Å². The molecule has 1 N–H and O–H groups in total. The van der Waals surface area contributed by atoms with Crippen molar-refractivity contribution in [3.8, 4) is 0 Å². The van der Waals surface area contributed by atoms with E-state index in [0.29, 0.717) is 19.0 Å². The van der Waals surface area contributed by atoms with Crippen LogP contribution in [0.5, 0.6) is 0 Å². The molecule has 0 spiro atoms. The Bertz CT molecular complexity index is 244. The summed E-state index contributed by atoms with van der Waals surface area (Å²) in [6.45, 7) is 10.5. The highest BCUT2D eigenvalue weighted by molar-refractivity contribution is 5.74. The van der Waals surface area contributed by atoms with Crippen LogP contribution in [-0.2, 0) is 4.79 Å². The quantitative estimate of drug-likeness (QED) is 0.706. The van der Waals surface area contributed by atoms with Crippen molar-refractivity contribution in [3.63, 3.8) is 0 Å². The number of carboxylic acids is 1. The van der Waals surface area contributed by atoms with Gasteiger partial charge in [0.2, 0.25) is 0 Å². The standard InChI is InChI=1S/C13H28N2O2/c1-7-13(4,12(16)17)10-15(8-2)11(3)9-14(5)6/h11H,7-10H2,1-6H3,(H,16,17). The highest BCUT2D eigenvalue weighted by atomic mass is 16.4. The van der Waals surface area contributed by atoms with Gasteiger partial charge in [0.25, 0.3) is 0 Å². The van der Waals surface area contributed by atoms with Crippen molar-refractivity contribution in [2.75, 3.05) is 33.7 Å². The van der Waals surface area contributed by atoms with Crippen molar-refractivity contribution < 1.29 is 9.90 Å². The minimum atomic E-state index is -0.699. The van der Waals surface area contributed by atoms with Crippen LogP contribution in [0, 0.1) is 5.41 Å². The van der Waals surface area contributed by atoms with E-state index in [0.717, 1.165) is 13.1 Å². The Morgan fingerprint density at radius 3 is 2.18 bits per heavy atom. The molecule has 4 heteroatoms. The topological polar surface area (TPSA) is 43.8 Å². The number of hydrogen-bond acceptors (Lipinski definition) is 3. The van der Waals surface area contributed by atoms with Crippen molar-refractivity contribution in [1.82, 2.24) is 9.80 Å². The largest absolute Gasteiger partial charge is 0.481 e. The third kappa shape index (κ3) is 5.04. The second-order valence-electron chi connectivity index (χ2n) is 5.39. The van der Waals surface area contributed by atoms with Crippen LogP contribution < -0.4 is 0 Å². The molecule has 0 aromatic heterocycles. The molecule has 0 aromatic rings. The summed E-state index contributed by atoms with van der Waals surface area (Å²) >= 11 is 0. The maximum atomic E-state index is 11.3. The lowest BCUT2D eigenvalue weighted by Gasteiger charge is -2.36. The lowest BCUT2D eigenvalue weighted by atomic mass is 9.86. The highest BCUT2D eigenvalue weighted by Gasteiger charge is 2.34. The van der Waals surface area contributed by atoms with Crippen LogP contribution in [0.25, 0.3) is 0 Å². The van der Waals surface area contributed by atoms with Gasteiger partial charge in [-0.05, 0) is 40.9 Å². The van der Waals surface area contributed by atoms with Crippen LogP contribution in [0.3, 0.4) is 0 Å². The fourth-order valence-corrected chi connectivity index (χ4v) is 2.00. The molecule has 0 heterocycles. The first-order valence-corrected chi connectivity index (χ1v) is 6.39. The Hall–Kier alpha value is -0.610. The van der Waals surface area contributed by atoms with Gasteiger partial charge in [-0.3, -0.25) is 9.69 Å². The second kappa shape index (κ2) is 6.97. The van der Waals surface area contributed by atoms with Crippen molar-refractivity contribution >= 4 is 5.97 Å². The molecule has 0 saturated carbocycles. The minimum absolute atomic E-state index is 0.375. The smallest absolute Gasteiger partial charge is 0.310 e. The van der Waals surface area contributed by atoms with Crippen molar-refractivity contribution in [1.29, 1.82) is 0 Å². The summed E-state index contributed by atoms with van der Waals surface area (Å²) in [5.41, 5.74) is -0.642. The van der Waals surface area contributed by atoms with Crippen molar-refractivity contribution in [2.24, 2.45) is 5.41 Å².